The first-order valence-electron chi connectivity index (χ1n) is 7.21. The summed E-state index contributed by atoms with van der Waals surface area (Å²) in [5, 5.41) is 0. The highest BCUT2D eigenvalue weighted by atomic mass is 16.5. The number of carbonyl (C=O) groups is 1. The van der Waals surface area contributed by atoms with Gasteiger partial charge in [-0.3, -0.25) is 4.79 Å². The molecule has 22 heavy (non-hydrogen) atoms. The van der Waals surface area contributed by atoms with E-state index in [1.807, 2.05) is 43.4 Å². The van der Waals surface area contributed by atoms with Crippen LogP contribution in [0, 0.1) is 0 Å². The fourth-order valence-electron chi connectivity index (χ4n) is 3.07. The Balaban J connectivity index is 1.98. The summed E-state index contributed by atoms with van der Waals surface area (Å²) in [7, 11) is 5.05. The Labute approximate surface area is 130 Å². The van der Waals surface area contributed by atoms with Gasteiger partial charge in [-0.05, 0) is 23.3 Å². The van der Waals surface area contributed by atoms with E-state index >= 15 is 0 Å². The van der Waals surface area contributed by atoms with Crippen molar-refractivity contribution in [3.63, 3.8) is 0 Å². The Hall–Kier alpha value is -2.49. The maximum absolute atomic E-state index is 12.4. The molecule has 1 aliphatic rings. The zero-order chi connectivity index (χ0) is 15.7. The molecule has 1 amide bonds. The summed E-state index contributed by atoms with van der Waals surface area (Å²) in [6.07, 6.45) is 0. The number of carbonyl (C=O) groups excluding carboxylic acids is 1. The first-order chi connectivity index (χ1) is 10.7. The van der Waals surface area contributed by atoms with Crippen molar-refractivity contribution >= 4 is 5.91 Å². The van der Waals surface area contributed by atoms with Crippen LogP contribution in [0.3, 0.4) is 0 Å². The van der Waals surface area contributed by atoms with Gasteiger partial charge in [0, 0.05) is 7.05 Å². The predicted molar refractivity (Wildman–Crippen MR) is 84.2 cm³/mol. The van der Waals surface area contributed by atoms with E-state index in [1.165, 1.54) is 0 Å². The number of hydrogen-bond acceptors (Lipinski definition) is 3. The summed E-state index contributed by atoms with van der Waals surface area (Å²) in [5.74, 6) is 1.27. The molecule has 2 aromatic rings. The highest BCUT2D eigenvalue weighted by Gasteiger charge is 2.46. The number of nitrogens with zero attached hydrogens (tertiary/aromatic N) is 1. The molecule has 0 N–H and O–H groups in total. The second-order valence-electron chi connectivity index (χ2n) is 5.40. The van der Waals surface area contributed by atoms with Gasteiger partial charge in [0.2, 0.25) is 5.91 Å². The lowest BCUT2D eigenvalue weighted by Crippen LogP contribution is -2.50. The average Bonchev–Trinajstić information content (AvgIpc) is 2.58. The third-order valence-corrected chi connectivity index (χ3v) is 4.25. The van der Waals surface area contributed by atoms with Gasteiger partial charge in [-0.1, -0.05) is 36.4 Å². The third kappa shape index (κ3) is 2.21. The fraction of sp³-hybridized carbons (Fsp3) is 0.278. The number of amides is 1. The summed E-state index contributed by atoms with van der Waals surface area (Å²) in [5.41, 5.74) is 2.10. The topological polar surface area (TPSA) is 38.8 Å². The molecule has 1 fully saturated rings. The van der Waals surface area contributed by atoms with Crippen molar-refractivity contribution in [3.05, 3.63) is 59.7 Å². The standard InChI is InChI=1S/C18H19NO3/c1-19-17(12-7-5-4-6-8-12)16(18(19)20)13-9-10-14(21-2)15(11-13)22-3/h4-11,16-17H,1-3H3/t16-,17-/m1/s1. The Morgan fingerprint density at radius 1 is 0.909 bits per heavy atom. The van der Waals surface area contributed by atoms with E-state index in [4.69, 9.17) is 9.47 Å². The minimum Gasteiger partial charge on any atom is -0.493 e. The van der Waals surface area contributed by atoms with Gasteiger partial charge in [-0.15, -0.1) is 0 Å². The Bertz CT molecular complexity index is 684. The number of β-lactam (4-membered cyclic amide) rings is 1. The van der Waals surface area contributed by atoms with E-state index in [9.17, 15) is 4.79 Å². The molecule has 3 rings (SSSR count). The number of ether oxygens (including phenoxy) is 2. The van der Waals surface area contributed by atoms with Crippen molar-refractivity contribution in [2.75, 3.05) is 21.3 Å². The quantitative estimate of drug-likeness (QED) is 0.814. The van der Waals surface area contributed by atoms with E-state index in [-0.39, 0.29) is 17.9 Å². The highest BCUT2D eigenvalue weighted by Crippen LogP contribution is 2.46. The Kier molecular flexibility index (Phi) is 3.75. The molecule has 1 saturated heterocycles. The van der Waals surface area contributed by atoms with Gasteiger partial charge in [0.1, 0.15) is 0 Å². The van der Waals surface area contributed by atoms with Gasteiger partial charge in [-0.25, -0.2) is 0 Å². The van der Waals surface area contributed by atoms with Crippen LogP contribution < -0.4 is 9.47 Å². The van der Waals surface area contributed by atoms with Crippen LogP contribution in [0.15, 0.2) is 48.5 Å². The lowest BCUT2D eigenvalue weighted by molar-refractivity contribution is -0.147. The van der Waals surface area contributed by atoms with Gasteiger partial charge in [0.15, 0.2) is 11.5 Å². The summed E-state index contributed by atoms with van der Waals surface area (Å²) in [6, 6.07) is 15.8. The molecule has 0 saturated carbocycles. The Morgan fingerprint density at radius 2 is 1.59 bits per heavy atom. The molecule has 0 unspecified atom stereocenters. The molecule has 2 atom stereocenters. The monoisotopic (exact) mass is 297 g/mol. The molecule has 0 aromatic heterocycles. The second kappa shape index (κ2) is 5.72. The van der Waals surface area contributed by atoms with Crippen molar-refractivity contribution in [2.24, 2.45) is 0 Å². The van der Waals surface area contributed by atoms with Gasteiger partial charge in [0.25, 0.3) is 0 Å². The number of likely N-dealkylation sites (N-methyl/N-ethyl adjacent to an activating group) is 1. The predicted octanol–water partition coefficient (Wildman–Crippen LogP) is 3.00. The normalized spacial score (nSPS) is 20.5. The van der Waals surface area contributed by atoms with Crippen molar-refractivity contribution in [2.45, 2.75) is 12.0 Å². The first-order valence-corrected chi connectivity index (χ1v) is 7.21. The zero-order valence-corrected chi connectivity index (χ0v) is 12.9. The van der Waals surface area contributed by atoms with Crippen molar-refractivity contribution in [3.8, 4) is 11.5 Å². The molecule has 4 heteroatoms. The SMILES string of the molecule is COc1ccc([C@H]2C(=O)N(C)[C@@H]2c2ccccc2)cc1OC. The molecule has 0 aliphatic carbocycles. The Morgan fingerprint density at radius 3 is 2.23 bits per heavy atom. The van der Waals surface area contributed by atoms with E-state index in [1.54, 1.807) is 19.1 Å². The lowest BCUT2D eigenvalue weighted by Gasteiger charge is -2.45. The summed E-state index contributed by atoms with van der Waals surface area (Å²) in [4.78, 5) is 14.1. The molecule has 1 aliphatic heterocycles. The molecular weight excluding hydrogens is 278 g/mol. The van der Waals surface area contributed by atoms with Crippen LogP contribution in [-0.2, 0) is 4.79 Å². The maximum Gasteiger partial charge on any atom is 0.232 e. The molecule has 114 valence electrons. The summed E-state index contributed by atoms with van der Waals surface area (Å²) < 4.78 is 10.6. The van der Waals surface area contributed by atoms with Crippen molar-refractivity contribution < 1.29 is 14.3 Å². The van der Waals surface area contributed by atoms with Crippen LogP contribution in [0.1, 0.15) is 23.1 Å². The fourth-order valence-corrected chi connectivity index (χ4v) is 3.07. The first kappa shape index (κ1) is 14.4. The van der Waals surface area contributed by atoms with Gasteiger partial charge < -0.3 is 14.4 Å². The van der Waals surface area contributed by atoms with Crippen LogP contribution in [0.5, 0.6) is 11.5 Å². The van der Waals surface area contributed by atoms with E-state index in [0.717, 1.165) is 11.1 Å². The third-order valence-electron chi connectivity index (χ3n) is 4.25. The molecule has 2 aromatic carbocycles. The molecule has 4 nitrogen and oxygen atoms in total. The minimum atomic E-state index is -0.174. The molecule has 0 bridgehead atoms. The smallest absolute Gasteiger partial charge is 0.232 e. The van der Waals surface area contributed by atoms with Crippen LogP contribution in [0.2, 0.25) is 0 Å². The van der Waals surface area contributed by atoms with Crippen molar-refractivity contribution in [1.82, 2.24) is 4.90 Å². The van der Waals surface area contributed by atoms with E-state index in [0.29, 0.717) is 11.5 Å². The number of rotatable bonds is 4. The van der Waals surface area contributed by atoms with Crippen LogP contribution in [-0.4, -0.2) is 32.1 Å². The molecule has 1 heterocycles. The molecule has 0 spiro atoms. The number of hydrogen-bond donors (Lipinski definition) is 0. The minimum absolute atomic E-state index is 0.0619. The number of methoxy groups -OCH3 is 2. The largest absolute Gasteiger partial charge is 0.493 e. The summed E-state index contributed by atoms with van der Waals surface area (Å²) in [6.45, 7) is 0. The van der Waals surface area contributed by atoms with Crippen LogP contribution >= 0.6 is 0 Å². The van der Waals surface area contributed by atoms with Crippen LogP contribution in [0.4, 0.5) is 0 Å². The molecule has 0 radical (unpaired) electrons. The lowest BCUT2D eigenvalue weighted by atomic mass is 9.78. The van der Waals surface area contributed by atoms with Gasteiger partial charge >= 0.3 is 0 Å². The highest BCUT2D eigenvalue weighted by molar-refractivity contribution is 5.91. The van der Waals surface area contributed by atoms with E-state index < -0.39 is 0 Å². The maximum atomic E-state index is 12.4. The second-order valence-corrected chi connectivity index (χ2v) is 5.40. The van der Waals surface area contributed by atoms with Gasteiger partial charge in [0.05, 0.1) is 26.2 Å². The van der Waals surface area contributed by atoms with E-state index in [2.05, 4.69) is 12.1 Å². The van der Waals surface area contributed by atoms with Crippen molar-refractivity contribution in [1.29, 1.82) is 0 Å². The average molecular weight is 297 g/mol. The van der Waals surface area contributed by atoms with Crippen LogP contribution in [0.25, 0.3) is 0 Å². The summed E-state index contributed by atoms with van der Waals surface area (Å²) >= 11 is 0. The number of benzene rings is 2. The molecular formula is C18H19NO3. The van der Waals surface area contributed by atoms with Gasteiger partial charge in [-0.2, -0.15) is 0 Å². The zero-order valence-electron chi connectivity index (χ0n) is 12.9. The number of likely N-dealkylation sites (tertiary alicyclic amines) is 1.